The van der Waals surface area contributed by atoms with Gasteiger partial charge in [0.1, 0.15) is 11.6 Å². The fraction of sp³-hybridized carbons (Fsp3) is 0.600. The molecule has 4 heteroatoms. The second-order valence-electron chi connectivity index (χ2n) is 5.94. The first-order valence-corrected chi connectivity index (χ1v) is 6.87. The number of halogens is 1. The molecule has 1 fully saturated rings. The first kappa shape index (κ1) is 14.3. The molecule has 19 heavy (non-hydrogen) atoms. The molecule has 1 saturated heterocycles. The first-order valence-electron chi connectivity index (χ1n) is 6.87. The molecule has 3 nitrogen and oxygen atoms in total. The van der Waals surface area contributed by atoms with Crippen LogP contribution in [0.5, 0.6) is 5.75 Å². The Morgan fingerprint density at radius 1 is 1.32 bits per heavy atom. The van der Waals surface area contributed by atoms with E-state index in [0.29, 0.717) is 12.4 Å². The zero-order valence-corrected chi connectivity index (χ0v) is 11.8. The van der Waals surface area contributed by atoms with Crippen LogP contribution in [0.1, 0.15) is 13.8 Å². The maximum atomic E-state index is 13.1. The lowest BCUT2D eigenvalue weighted by molar-refractivity contribution is 0.107. The van der Waals surface area contributed by atoms with Crippen LogP contribution in [0.3, 0.4) is 0 Å². The molecule has 0 bridgehead atoms. The number of hydrogen-bond acceptors (Lipinski definition) is 3. The zero-order chi connectivity index (χ0) is 13.7. The maximum absolute atomic E-state index is 13.1. The second kappa shape index (κ2) is 6.35. The lowest BCUT2D eigenvalue weighted by Gasteiger charge is -2.35. The summed E-state index contributed by atoms with van der Waals surface area (Å²) in [6, 6.07) is 6.33. The smallest absolute Gasteiger partial charge is 0.126 e. The Labute approximate surface area is 114 Å². The summed E-state index contributed by atoms with van der Waals surface area (Å²) in [5.74, 6) is 0.353. The Morgan fingerprint density at radius 3 is 2.74 bits per heavy atom. The molecule has 0 spiro atoms. The molecule has 1 aliphatic heterocycles. The first-order chi connectivity index (χ1) is 9.05. The summed E-state index contributed by atoms with van der Waals surface area (Å²) >= 11 is 0. The SMILES string of the molecule is CC(C)(COc1cccc(F)c1)CN1CCNCC1. The highest BCUT2D eigenvalue weighted by molar-refractivity contribution is 5.22. The monoisotopic (exact) mass is 266 g/mol. The summed E-state index contributed by atoms with van der Waals surface area (Å²) in [4.78, 5) is 2.45. The molecular weight excluding hydrogens is 243 g/mol. The fourth-order valence-corrected chi connectivity index (χ4v) is 2.36. The van der Waals surface area contributed by atoms with Gasteiger partial charge in [0.05, 0.1) is 6.61 Å². The summed E-state index contributed by atoms with van der Waals surface area (Å²) in [5, 5.41) is 3.35. The van der Waals surface area contributed by atoms with Crippen molar-refractivity contribution < 1.29 is 9.13 Å². The van der Waals surface area contributed by atoms with Gasteiger partial charge in [0.2, 0.25) is 0 Å². The highest BCUT2D eigenvalue weighted by Gasteiger charge is 2.23. The van der Waals surface area contributed by atoms with E-state index < -0.39 is 0 Å². The number of nitrogens with zero attached hydrogens (tertiary/aromatic N) is 1. The highest BCUT2D eigenvalue weighted by Crippen LogP contribution is 2.20. The van der Waals surface area contributed by atoms with Crippen molar-refractivity contribution in [1.82, 2.24) is 10.2 Å². The van der Waals surface area contributed by atoms with Crippen LogP contribution in [0.2, 0.25) is 0 Å². The molecule has 1 aliphatic rings. The molecule has 0 aliphatic carbocycles. The molecule has 0 amide bonds. The predicted molar refractivity (Wildman–Crippen MR) is 75.0 cm³/mol. The van der Waals surface area contributed by atoms with Gasteiger partial charge in [-0.05, 0) is 12.1 Å². The number of benzene rings is 1. The number of rotatable bonds is 5. The topological polar surface area (TPSA) is 24.5 Å². The van der Waals surface area contributed by atoms with Crippen molar-refractivity contribution in [1.29, 1.82) is 0 Å². The zero-order valence-electron chi connectivity index (χ0n) is 11.8. The Hall–Kier alpha value is -1.13. The van der Waals surface area contributed by atoms with Gasteiger partial charge in [-0.3, -0.25) is 0 Å². The molecule has 0 saturated carbocycles. The van der Waals surface area contributed by atoms with E-state index in [1.54, 1.807) is 12.1 Å². The van der Waals surface area contributed by atoms with Gasteiger partial charge < -0.3 is 15.0 Å². The predicted octanol–water partition coefficient (Wildman–Crippen LogP) is 2.14. The lowest BCUT2D eigenvalue weighted by atomic mass is 9.93. The lowest BCUT2D eigenvalue weighted by Crippen LogP contribution is -2.48. The van der Waals surface area contributed by atoms with Crippen molar-refractivity contribution >= 4 is 0 Å². The minimum Gasteiger partial charge on any atom is -0.493 e. The van der Waals surface area contributed by atoms with Crippen LogP contribution >= 0.6 is 0 Å². The van der Waals surface area contributed by atoms with E-state index in [4.69, 9.17) is 4.74 Å². The van der Waals surface area contributed by atoms with Crippen LogP contribution < -0.4 is 10.1 Å². The molecule has 1 aromatic carbocycles. The van der Waals surface area contributed by atoms with Gasteiger partial charge >= 0.3 is 0 Å². The molecule has 0 aromatic heterocycles. The average Bonchev–Trinajstić information content (AvgIpc) is 2.37. The molecular formula is C15H23FN2O. The van der Waals surface area contributed by atoms with Gasteiger partial charge in [0.25, 0.3) is 0 Å². The molecule has 0 unspecified atom stereocenters. The van der Waals surface area contributed by atoms with E-state index in [9.17, 15) is 4.39 Å². The minimum absolute atomic E-state index is 0.0592. The van der Waals surface area contributed by atoms with Crippen molar-refractivity contribution in [3.05, 3.63) is 30.1 Å². The third-order valence-corrected chi connectivity index (χ3v) is 3.29. The number of hydrogen-bond donors (Lipinski definition) is 1. The minimum atomic E-state index is -0.252. The maximum Gasteiger partial charge on any atom is 0.126 e. The molecule has 0 atom stereocenters. The number of nitrogens with one attached hydrogen (secondary N) is 1. The van der Waals surface area contributed by atoms with Crippen LogP contribution in [-0.4, -0.2) is 44.2 Å². The quantitative estimate of drug-likeness (QED) is 0.883. The number of piperazine rings is 1. The van der Waals surface area contributed by atoms with Gasteiger partial charge in [0.15, 0.2) is 0 Å². The molecule has 1 N–H and O–H groups in total. The fourth-order valence-electron chi connectivity index (χ4n) is 2.36. The van der Waals surface area contributed by atoms with Crippen LogP contribution in [0.4, 0.5) is 4.39 Å². The third kappa shape index (κ3) is 4.80. The molecule has 1 heterocycles. The Balaban J connectivity index is 1.82. The van der Waals surface area contributed by atoms with Crippen LogP contribution in [0, 0.1) is 11.2 Å². The van der Waals surface area contributed by atoms with Crippen LogP contribution in [-0.2, 0) is 0 Å². The Morgan fingerprint density at radius 2 is 2.05 bits per heavy atom. The van der Waals surface area contributed by atoms with E-state index in [1.165, 1.54) is 12.1 Å². The van der Waals surface area contributed by atoms with Crippen molar-refractivity contribution in [3.63, 3.8) is 0 Å². The molecule has 2 rings (SSSR count). The summed E-state index contributed by atoms with van der Waals surface area (Å²) in [6.07, 6.45) is 0. The van der Waals surface area contributed by atoms with E-state index in [0.717, 1.165) is 32.7 Å². The summed E-state index contributed by atoms with van der Waals surface area (Å²) < 4.78 is 18.8. The van der Waals surface area contributed by atoms with Gasteiger partial charge in [0, 0.05) is 44.2 Å². The largest absolute Gasteiger partial charge is 0.493 e. The molecule has 0 radical (unpaired) electrons. The summed E-state index contributed by atoms with van der Waals surface area (Å²) in [7, 11) is 0. The Kier molecular flexibility index (Phi) is 4.77. The van der Waals surface area contributed by atoms with Gasteiger partial charge in [-0.25, -0.2) is 4.39 Å². The van der Waals surface area contributed by atoms with Gasteiger partial charge in [-0.2, -0.15) is 0 Å². The summed E-state index contributed by atoms with van der Waals surface area (Å²) in [6.45, 7) is 10.3. The van der Waals surface area contributed by atoms with Crippen molar-refractivity contribution in [2.24, 2.45) is 5.41 Å². The van der Waals surface area contributed by atoms with Crippen LogP contribution in [0.15, 0.2) is 24.3 Å². The van der Waals surface area contributed by atoms with Crippen molar-refractivity contribution in [2.75, 3.05) is 39.3 Å². The van der Waals surface area contributed by atoms with Crippen molar-refractivity contribution in [2.45, 2.75) is 13.8 Å². The van der Waals surface area contributed by atoms with E-state index >= 15 is 0 Å². The normalized spacial score (nSPS) is 17.4. The van der Waals surface area contributed by atoms with Gasteiger partial charge in [-0.15, -0.1) is 0 Å². The van der Waals surface area contributed by atoms with E-state index in [1.807, 2.05) is 0 Å². The average molecular weight is 266 g/mol. The molecule has 1 aromatic rings. The molecule has 106 valence electrons. The van der Waals surface area contributed by atoms with Crippen molar-refractivity contribution in [3.8, 4) is 5.75 Å². The standard InChI is InChI=1S/C15H23FN2O/c1-15(2,11-18-8-6-17-7-9-18)12-19-14-5-3-4-13(16)10-14/h3-5,10,17H,6-9,11-12H2,1-2H3. The van der Waals surface area contributed by atoms with Gasteiger partial charge in [-0.1, -0.05) is 19.9 Å². The van der Waals surface area contributed by atoms with E-state index in [2.05, 4.69) is 24.1 Å². The third-order valence-electron chi connectivity index (χ3n) is 3.29. The highest BCUT2D eigenvalue weighted by atomic mass is 19.1. The number of ether oxygens (including phenoxy) is 1. The Bertz CT molecular complexity index is 403. The van der Waals surface area contributed by atoms with Crippen LogP contribution in [0.25, 0.3) is 0 Å². The summed E-state index contributed by atoms with van der Waals surface area (Å²) in [5.41, 5.74) is 0.0592. The second-order valence-corrected chi connectivity index (χ2v) is 5.94. The van der Waals surface area contributed by atoms with E-state index in [-0.39, 0.29) is 11.2 Å².